The molecule has 6 aromatic rings. The minimum Gasteiger partial charge on any atom is -0.358 e. The fourth-order valence-corrected chi connectivity index (χ4v) is 10.0. The SMILES string of the molecule is CC1(C)CC(=O)C2=C(C1)Nc1ccc3ncccc3c1C2c1ccc(F)c(F)c1.CC1(C)CC(=S)C2=C(C1)Nc1ccc3ncccc3c1C2c1ccc(F)c(F)c1. The molecule has 4 heterocycles. The van der Waals surface area contributed by atoms with Gasteiger partial charge in [0.2, 0.25) is 0 Å². The van der Waals surface area contributed by atoms with Gasteiger partial charge in [0.15, 0.2) is 29.1 Å². The van der Waals surface area contributed by atoms with Crippen molar-refractivity contribution in [2.24, 2.45) is 10.8 Å². The van der Waals surface area contributed by atoms with Crippen molar-refractivity contribution in [2.75, 3.05) is 10.6 Å². The largest absolute Gasteiger partial charge is 0.358 e. The quantitative estimate of drug-likeness (QED) is 0.134. The summed E-state index contributed by atoms with van der Waals surface area (Å²) in [5.41, 5.74) is 10.2. The zero-order valence-electron chi connectivity index (χ0n) is 32.4. The predicted molar refractivity (Wildman–Crippen MR) is 225 cm³/mol. The second-order valence-electron chi connectivity index (χ2n) is 17.3. The Morgan fingerprint density at radius 1 is 0.586 bits per heavy atom. The first-order chi connectivity index (χ1) is 27.7. The standard InChI is InChI=1S/C24H20F2N2O.C24H20F2N2S/c2*1-24(2)11-19-23(20(29)12-24)21(13-5-6-15(25)16(26)10-13)22-14-4-3-9-27-17(14)7-8-18(22)28-19/h2*3-10,21,28H,11-12H2,1-2H3. The van der Waals surface area contributed by atoms with Gasteiger partial charge in [-0.2, -0.15) is 0 Å². The number of rotatable bonds is 2. The average Bonchev–Trinajstić information content (AvgIpc) is 3.17. The highest BCUT2D eigenvalue weighted by atomic mass is 32.1. The van der Waals surface area contributed by atoms with Crippen LogP contribution < -0.4 is 10.6 Å². The number of hydrogen-bond acceptors (Lipinski definition) is 6. The number of carbonyl (C=O) groups excluding carboxylic acids is 1. The van der Waals surface area contributed by atoms with Gasteiger partial charge in [-0.25, -0.2) is 17.6 Å². The lowest BCUT2D eigenvalue weighted by Gasteiger charge is -2.41. The summed E-state index contributed by atoms with van der Waals surface area (Å²) in [5, 5.41) is 8.96. The summed E-state index contributed by atoms with van der Waals surface area (Å²) in [5.74, 6) is -4.17. The van der Waals surface area contributed by atoms with Crippen LogP contribution in [-0.2, 0) is 4.79 Å². The van der Waals surface area contributed by atoms with E-state index in [0.717, 1.165) is 91.5 Å². The number of ketones is 1. The Hall–Kier alpha value is -5.74. The van der Waals surface area contributed by atoms with E-state index in [1.807, 2.05) is 48.5 Å². The molecule has 2 aliphatic carbocycles. The Kier molecular flexibility index (Phi) is 9.11. The van der Waals surface area contributed by atoms with Gasteiger partial charge in [-0.15, -0.1) is 0 Å². The van der Waals surface area contributed by atoms with Crippen LogP contribution in [0.1, 0.15) is 87.5 Å². The van der Waals surface area contributed by atoms with E-state index >= 15 is 0 Å². The molecule has 4 aromatic carbocycles. The second-order valence-corrected chi connectivity index (χ2v) is 17.8. The molecule has 0 saturated heterocycles. The summed E-state index contributed by atoms with van der Waals surface area (Å²) in [7, 11) is 0. The average molecular weight is 797 g/mol. The predicted octanol–water partition coefficient (Wildman–Crippen LogP) is 12.2. The van der Waals surface area contributed by atoms with Gasteiger partial charge in [0.25, 0.3) is 0 Å². The fourth-order valence-electron chi connectivity index (χ4n) is 9.42. The molecule has 0 saturated carbocycles. The van der Waals surface area contributed by atoms with E-state index in [4.69, 9.17) is 12.2 Å². The van der Waals surface area contributed by atoms with Crippen LogP contribution in [0.15, 0.2) is 120 Å². The Morgan fingerprint density at radius 2 is 1.05 bits per heavy atom. The van der Waals surface area contributed by atoms with E-state index in [1.165, 1.54) is 18.2 Å². The van der Waals surface area contributed by atoms with Crippen molar-refractivity contribution in [1.29, 1.82) is 0 Å². The maximum atomic E-state index is 14.2. The molecule has 10 rings (SSSR count). The van der Waals surface area contributed by atoms with Crippen LogP contribution in [0.4, 0.5) is 28.9 Å². The zero-order chi connectivity index (χ0) is 40.7. The maximum absolute atomic E-state index is 14.2. The summed E-state index contributed by atoms with van der Waals surface area (Å²) in [4.78, 5) is 23.0. The third-order valence-electron chi connectivity index (χ3n) is 11.8. The number of fused-ring (bicyclic) bond motifs is 6. The molecule has 292 valence electrons. The lowest BCUT2D eigenvalue weighted by molar-refractivity contribution is -0.118. The van der Waals surface area contributed by atoms with E-state index in [0.29, 0.717) is 23.1 Å². The van der Waals surface area contributed by atoms with Crippen molar-refractivity contribution >= 4 is 56.0 Å². The molecule has 2 unspecified atom stereocenters. The van der Waals surface area contributed by atoms with Crippen LogP contribution in [0, 0.1) is 34.1 Å². The normalized spacial score (nSPS) is 20.3. The highest BCUT2D eigenvalue weighted by Gasteiger charge is 2.42. The maximum Gasteiger partial charge on any atom is 0.162 e. The number of nitrogens with zero attached hydrogens (tertiary/aromatic N) is 2. The van der Waals surface area contributed by atoms with Gasteiger partial charge in [0, 0.05) is 74.6 Å². The molecule has 4 aliphatic rings. The number of benzene rings is 4. The Balaban J connectivity index is 0.000000150. The first-order valence-corrected chi connectivity index (χ1v) is 19.8. The Labute approximate surface area is 339 Å². The number of anilines is 2. The summed E-state index contributed by atoms with van der Waals surface area (Å²) in [6, 6.07) is 23.7. The molecule has 2 aliphatic heterocycles. The fraction of sp³-hybridized carbons (Fsp3) is 0.250. The monoisotopic (exact) mass is 796 g/mol. The van der Waals surface area contributed by atoms with Gasteiger partial charge in [0.05, 0.1) is 11.0 Å². The van der Waals surface area contributed by atoms with Gasteiger partial charge in [0.1, 0.15) is 0 Å². The van der Waals surface area contributed by atoms with Crippen LogP contribution >= 0.6 is 12.2 Å². The van der Waals surface area contributed by atoms with Crippen molar-refractivity contribution in [1.82, 2.24) is 9.97 Å². The van der Waals surface area contributed by atoms with E-state index in [-0.39, 0.29) is 22.5 Å². The van der Waals surface area contributed by atoms with Crippen LogP contribution in [0.3, 0.4) is 0 Å². The molecule has 2 aromatic heterocycles. The number of thiocarbonyl (C=S) groups is 1. The number of Topliss-reactive ketones (excluding diaryl/α,β-unsaturated/α-hetero) is 1. The van der Waals surface area contributed by atoms with Gasteiger partial charge in [-0.3, -0.25) is 14.8 Å². The zero-order valence-corrected chi connectivity index (χ0v) is 33.3. The molecular formula is C48H40F4N4OS. The number of aromatic nitrogens is 2. The Bertz CT molecular complexity index is 2620. The lowest BCUT2D eigenvalue weighted by Crippen LogP contribution is -2.34. The lowest BCUT2D eigenvalue weighted by atomic mass is 9.68. The van der Waals surface area contributed by atoms with Gasteiger partial charge < -0.3 is 10.6 Å². The third kappa shape index (κ3) is 6.57. The summed E-state index contributed by atoms with van der Waals surface area (Å²) in [6.45, 7) is 8.56. The Morgan fingerprint density at radius 3 is 1.55 bits per heavy atom. The second kappa shape index (κ2) is 14.0. The smallest absolute Gasteiger partial charge is 0.162 e. The number of carbonyl (C=O) groups is 1. The molecule has 58 heavy (non-hydrogen) atoms. The van der Waals surface area contributed by atoms with E-state index in [2.05, 4.69) is 48.3 Å². The first-order valence-electron chi connectivity index (χ1n) is 19.4. The third-order valence-corrected chi connectivity index (χ3v) is 12.1. The van der Waals surface area contributed by atoms with E-state index < -0.39 is 29.2 Å². The number of pyridine rings is 2. The highest BCUT2D eigenvalue weighted by molar-refractivity contribution is 7.80. The molecule has 0 amide bonds. The summed E-state index contributed by atoms with van der Waals surface area (Å²) >= 11 is 5.86. The summed E-state index contributed by atoms with van der Waals surface area (Å²) < 4.78 is 55.7. The van der Waals surface area contributed by atoms with Crippen molar-refractivity contribution < 1.29 is 22.4 Å². The number of halogens is 4. The van der Waals surface area contributed by atoms with Crippen LogP contribution in [0.5, 0.6) is 0 Å². The topological polar surface area (TPSA) is 66.9 Å². The minimum atomic E-state index is -0.910. The van der Waals surface area contributed by atoms with Crippen LogP contribution in [0.25, 0.3) is 21.8 Å². The highest BCUT2D eigenvalue weighted by Crippen LogP contribution is 2.53. The van der Waals surface area contributed by atoms with E-state index in [1.54, 1.807) is 24.5 Å². The van der Waals surface area contributed by atoms with Crippen molar-refractivity contribution in [3.05, 3.63) is 165 Å². The van der Waals surface area contributed by atoms with Gasteiger partial charge in [-0.1, -0.05) is 64.2 Å². The van der Waals surface area contributed by atoms with Crippen LogP contribution in [-0.4, -0.2) is 20.6 Å². The molecule has 0 radical (unpaired) electrons. The van der Waals surface area contributed by atoms with E-state index in [9.17, 15) is 22.4 Å². The number of hydrogen-bond donors (Lipinski definition) is 2. The molecule has 2 N–H and O–H groups in total. The van der Waals surface area contributed by atoms with Gasteiger partial charge >= 0.3 is 0 Å². The molecule has 0 fully saturated rings. The van der Waals surface area contributed by atoms with Gasteiger partial charge in [-0.05, 0) is 119 Å². The molecule has 0 bridgehead atoms. The molecule has 10 heteroatoms. The molecule has 0 spiro atoms. The minimum absolute atomic E-state index is 0.0463. The van der Waals surface area contributed by atoms with Crippen molar-refractivity contribution in [2.45, 2.75) is 65.2 Å². The van der Waals surface area contributed by atoms with Crippen molar-refractivity contribution in [3.63, 3.8) is 0 Å². The molecular weight excluding hydrogens is 757 g/mol. The van der Waals surface area contributed by atoms with Crippen molar-refractivity contribution in [3.8, 4) is 0 Å². The molecule has 5 nitrogen and oxygen atoms in total. The number of nitrogens with one attached hydrogen (secondary N) is 2. The molecule has 2 atom stereocenters. The van der Waals surface area contributed by atoms with Crippen LogP contribution in [0.2, 0.25) is 0 Å². The first kappa shape index (κ1) is 37.8. The number of allylic oxidation sites excluding steroid dienone is 4. The summed E-state index contributed by atoms with van der Waals surface area (Å²) in [6.07, 6.45) is 6.27.